The third-order valence-electron chi connectivity index (χ3n) is 5.99. The molecule has 0 radical (unpaired) electrons. The van der Waals surface area contributed by atoms with Crippen LogP contribution in [-0.2, 0) is 16.0 Å². The first-order chi connectivity index (χ1) is 15.0. The van der Waals surface area contributed by atoms with E-state index in [1.807, 2.05) is 32.3 Å². The second-order valence-corrected chi connectivity index (χ2v) is 8.46. The van der Waals surface area contributed by atoms with Gasteiger partial charge < -0.3 is 20.4 Å². The van der Waals surface area contributed by atoms with Crippen LogP contribution in [0.1, 0.15) is 36.4 Å². The van der Waals surface area contributed by atoms with E-state index in [0.717, 1.165) is 31.6 Å². The van der Waals surface area contributed by atoms with Gasteiger partial charge in [0.1, 0.15) is 6.04 Å². The highest BCUT2D eigenvalue weighted by Crippen LogP contribution is 2.17. The van der Waals surface area contributed by atoms with Gasteiger partial charge in [-0.05, 0) is 30.5 Å². The Kier molecular flexibility index (Phi) is 8.47. The zero-order valence-corrected chi connectivity index (χ0v) is 18.7. The predicted octanol–water partition coefficient (Wildman–Crippen LogP) is 1.34. The highest BCUT2D eigenvalue weighted by Gasteiger charge is 2.28. The molecule has 6 heteroatoms. The number of hydrogen-bond acceptors (Lipinski definition) is 3. The molecule has 1 fully saturated rings. The van der Waals surface area contributed by atoms with Gasteiger partial charge in [0.05, 0.1) is 19.6 Å². The summed E-state index contributed by atoms with van der Waals surface area (Å²) >= 11 is 0. The molecule has 0 saturated carbocycles. The molecule has 6 nitrogen and oxygen atoms in total. The van der Waals surface area contributed by atoms with Gasteiger partial charge in [0.15, 0.2) is 0 Å². The van der Waals surface area contributed by atoms with Crippen LogP contribution in [0.2, 0.25) is 0 Å². The van der Waals surface area contributed by atoms with Crippen molar-refractivity contribution in [2.75, 3.05) is 45.2 Å². The Morgan fingerprint density at radius 3 is 2.23 bits per heavy atom. The maximum atomic E-state index is 12.4. The van der Waals surface area contributed by atoms with E-state index in [1.165, 1.54) is 28.9 Å². The molecular weight excluding hydrogens is 388 g/mol. The van der Waals surface area contributed by atoms with Crippen LogP contribution in [0.25, 0.3) is 0 Å². The van der Waals surface area contributed by atoms with Crippen molar-refractivity contribution >= 4 is 17.5 Å². The van der Waals surface area contributed by atoms with Crippen molar-refractivity contribution in [1.29, 1.82) is 0 Å². The zero-order chi connectivity index (χ0) is 22.1. The summed E-state index contributed by atoms with van der Waals surface area (Å²) in [6.45, 7) is 3.16. The maximum absolute atomic E-state index is 12.4. The van der Waals surface area contributed by atoms with E-state index in [-0.39, 0.29) is 6.04 Å². The molecule has 3 rings (SSSR count). The van der Waals surface area contributed by atoms with Gasteiger partial charge in [-0.3, -0.25) is 9.59 Å². The Hall–Kier alpha value is -2.86. The third kappa shape index (κ3) is 6.82. The Morgan fingerprint density at radius 1 is 0.935 bits per heavy atom. The zero-order valence-electron chi connectivity index (χ0n) is 18.7. The second-order valence-electron chi connectivity index (χ2n) is 8.46. The number of anilines is 1. The fraction of sp³-hybridized carbons (Fsp3) is 0.440. The maximum Gasteiger partial charge on any atom is 0.309 e. The van der Waals surface area contributed by atoms with Crippen molar-refractivity contribution in [3.8, 4) is 0 Å². The van der Waals surface area contributed by atoms with Crippen LogP contribution in [0.4, 0.5) is 5.69 Å². The topological polar surface area (TPSA) is 65.9 Å². The lowest BCUT2D eigenvalue weighted by atomic mass is 10.0. The van der Waals surface area contributed by atoms with E-state index in [9.17, 15) is 9.59 Å². The van der Waals surface area contributed by atoms with Gasteiger partial charge in [0.2, 0.25) is 0 Å². The molecule has 2 aromatic rings. The summed E-state index contributed by atoms with van der Waals surface area (Å²) in [5.74, 6) is -1.10. The van der Waals surface area contributed by atoms with E-state index in [1.54, 1.807) is 0 Å². The first-order valence-corrected chi connectivity index (χ1v) is 11.3. The van der Waals surface area contributed by atoms with E-state index in [2.05, 4.69) is 51.9 Å². The highest BCUT2D eigenvalue weighted by atomic mass is 16.2. The van der Waals surface area contributed by atoms with Crippen LogP contribution in [-0.4, -0.2) is 52.1 Å². The van der Waals surface area contributed by atoms with Crippen molar-refractivity contribution in [3.63, 3.8) is 0 Å². The van der Waals surface area contributed by atoms with Gasteiger partial charge in [-0.1, -0.05) is 42.5 Å². The molecule has 1 saturated heterocycles. The lowest BCUT2D eigenvalue weighted by molar-refractivity contribution is -0.918. The average molecular weight is 424 g/mol. The van der Waals surface area contributed by atoms with Crippen LogP contribution in [0, 0.1) is 0 Å². The number of likely N-dealkylation sites (tertiary alicyclic amines) is 1. The smallest absolute Gasteiger partial charge is 0.309 e. The normalized spacial score (nSPS) is 14.8. The summed E-state index contributed by atoms with van der Waals surface area (Å²) in [5.41, 5.74) is 3.59. The molecule has 0 spiro atoms. The lowest BCUT2D eigenvalue weighted by Crippen LogP contribution is -3.11. The molecule has 0 bridgehead atoms. The molecule has 0 unspecified atom stereocenters. The number of hydrogen-bond donors (Lipinski definition) is 3. The first kappa shape index (κ1) is 22.8. The molecule has 0 aliphatic carbocycles. The number of rotatable bonds is 9. The van der Waals surface area contributed by atoms with E-state index >= 15 is 0 Å². The summed E-state index contributed by atoms with van der Waals surface area (Å²) in [4.78, 5) is 28.1. The van der Waals surface area contributed by atoms with E-state index < -0.39 is 11.8 Å². The number of quaternary nitrogens is 1. The number of carbonyl (C=O) groups is 2. The van der Waals surface area contributed by atoms with Crippen LogP contribution in [0.3, 0.4) is 0 Å². The number of benzene rings is 2. The summed E-state index contributed by atoms with van der Waals surface area (Å²) in [7, 11) is 4.05. The van der Waals surface area contributed by atoms with Gasteiger partial charge in [-0.25, -0.2) is 0 Å². The Labute approximate surface area is 185 Å². The molecule has 1 atom stereocenters. The van der Waals surface area contributed by atoms with Crippen LogP contribution >= 0.6 is 0 Å². The molecule has 2 amide bonds. The molecule has 31 heavy (non-hydrogen) atoms. The standard InChI is InChI=1S/C25H34N4O2/c1-28(2)22-14-12-21(13-15-22)23(29-17-6-7-18-29)19-27-25(31)24(30)26-16-8-11-20-9-4-3-5-10-20/h3-5,9-10,12-15,23H,6-8,11,16-19H2,1-2H3,(H,26,30)(H,27,31)/p+1/t23-/m0/s1. The first-order valence-electron chi connectivity index (χ1n) is 11.3. The Morgan fingerprint density at radius 2 is 1.58 bits per heavy atom. The molecule has 166 valence electrons. The quantitative estimate of drug-likeness (QED) is 0.421. The SMILES string of the molecule is CN(C)c1ccc([C@H](CNC(=O)C(=O)NCCCc2ccccc2)[NH+]2CCCC2)cc1. The highest BCUT2D eigenvalue weighted by molar-refractivity contribution is 6.35. The van der Waals surface area contributed by atoms with Crippen LogP contribution < -0.4 is 20.4 Å². The molecule has 0 aromatic heterocycles. The van der Waals surface area contributed by atoms with Gasteiger partial charge >= 0.3 is 11.8 Å². The van der Waals surface area contributed by atoms with Crippen molar-refractivity contribution in [2.45, 2.75) is 31.7 Å². The van der Waals surface area contributed by atoms with Crippen molar-refractivity contribution in [3.05, 3.63) is 65.7 Å². The molecular formula is C25H35N4O2+. The summed E-state index contributed by atoms with van der Waals surface area (Å²) in [6.07, 6.45) is 4.10. The predicted molar refractivity (Wildman–Crippen MR) is 124 cm³/mol. The van der Waals surface area contributed by atoms with Gasteiger partial charge in [0, 0.05) is 44.7 Å². The number of carbonyl (C=O) groups excluding carboxylic acids is 2. The van der Waals surface area contributed by atoms with Crippen LogP contribution in [0.15, 0.2) is 54.6 Å². The minimum Gasteiger partial charge on any atom is -0.378 e. The monoisotopic (exact) mass is 423 g/mol. The fourth-order valence-corrected chi connectivity index (χ4v) is 4.17. The van der Waals surface area contributed by atoms with Crippen molar-refractivity contribution in [2.24, 2.45) is 0 Å². The summed E-state index contributed by atoms with van der Waals surface area (Å²) in [6, 6.07) is 18.8. The van der Waals surface area contributed by atoms with Gasteiger partial charge in [0.25, 0.3) is 0 Å². The minimum absolute atomic E-state index is 0.161. The minimum atomic E-state index is -0.550. The molecule has 1 aliphatic heterocycles. The largest absolute Gasteiger partial charge is 0.378 e. The lowest BCUT2D eigenvalue weighted by Gasteiger charge is -2.25. The molecule has 1 heterocycles. The summed E-state index contributed by atoms with van der Waals surface area (Å²) in [5, 5.41) is 5.61. The number of amides is 2. The molecule has 1 aliphatic rings. The molecule has 2 aromatic carbocycles. The van der Waals surface area contributed by atoms with Crippen molar-refractivity contribution < 1.29 is 14.5 Å². The number of nitrogens with zero attached hydrogens (tertiary/aromatic N) is 1. The Bertz CT molecular complexity index is 830. The second kappa shape index (κ2) is 11.5. The fourth-order valence-electron chi connectivity index (χ4n) is 4.17. The summed E-state index contributed by atoms with van der Waals surface area (Å²) < 4.78 is 0. The number of nitrogens with one attached hydrogen (secondary N) is 3. The van der Waals surface area contributed by atoms with Crippen molar-refractivity contribution in [1.82, 2.24) is 10.6 Å². The molecule has 3 N–H and O–H groups in total. The Balaban J connectivity index is 1.49. The van der Waals surface area contributed by atoms with Crippen LogP contribution in [0.5, 0.6) is 0 Å². The van der Waals surface area contributed by atoms with E-state index in [0.29, 0.717) is 13.1 Å². The average Bonchev–Trinajstić information content (AvgIpc) is 3.32. The van der Waals surface area contributed by atoms with Gasteiger partial charge in [-0.2, -0.15) is 0 Å². The third-order valence-corrected chi connectivity index (χ3v) is 5.99. The number of aryl methyl sites for hydroxylation is 1. The van der Waals surface area contributed by atoms with Gasteiger partial charge in [-0.15, -0.1) is 0 Å². The van der Waals surface area contributed by atoms with E-state index in [4.69, 9.17) is 0 Å².